The van der Waals surface area contributed by atoms with E-state index >= 15 is 0 Å². The Morgan fingerprint density at radius 2 is 2.30 bits per heavy atom. The maximum atomic E-state index is 12.5. The molecule has 1 atom stereocenters. The van der Waals surface area contributed by atoms with Gasteiger partial charge in [0.15, 0.2) is 0 Å². The maximum Gasteiger partial charge on any atom is 0.326 e. The molecule has 6 nitrogen and oxygen atoms in total. The highest BCUT2D eigenvalue weighted by Crippen LogP contribution is 2.36. The molecule has 1 aromatic rings. The van der Waals surface area contributed by atoms with Crippen LogP contribution in [0.2, 0.25) is 0 Å². The van der Waals surface area contributed by atoms with E-state index in [4.69, 9.17) is 5.73 Å². The van der Waals surface area contributed by atoms with Gasteiger partial charge in [-0.2, -0.15) is 0 Å². The molecule has 1 unspecified atom stereocenters. The van der Waals surface area contributed by atoms with Gasteiger partial charge in [0.1, 0.15) is 16.7 Å². The minimum atomic E-state index is -0.961. The minimum Gasteiger partial charge on any atom is -0.480 e. The predicted molar refractivity (Wildman–Crippen MR) is 75.5 cm³/mol. The number of nitrogens with zero attached hydrogens (tertiary/aromatic N) is 2. The lowest BCUT2D eigenvalue weighted by Crippen LogP contribution is -2.56. The summed E-state index contributed by atoms with van der Waals surface area (Å²) in [6, 6.07) is -0.813. The normalized spacial score (nSPS) is 21.8. The summed E-state index contributed by atoms with van der Waals surface area (Å²) in [5, 5.41) is 11.8. The first-order chi connectivity index (χ1) is 9.36. The van der Waals surface area contributed by atoms with Gasteiger partial charge < -0.3 is 15.7 Å². The summed E-state index contributed by atoms with van der Waals surface area (Å²) in [6.45, 7) is 4.51. The number of likely N-dealkylation sites (tertiary alicyclic amines) is 1. The molecular formula is C13H19N3O3S. The third-order valence-corrected chi connectivity index (χ3v) is 4.58. The summed E-state index contributed by atoms with van der Waals surface area (Å²) >= 11 is 1.32. The van der Waals surface area contributed by atoms with Gasteiger partial charge in [-0.05, 0) is 18.3 Å². The highest BCUT2D eigenvalue weighted by molar-refractivity contribution is 7.09. The van der Waals surface area contributed by atoms with Gasteiger partial charge in [0.05, 0.1) is 0 Å². The summed E-state index contributed by atoms with van der Waals surface area (Å²) in [5.41, 5.74) is 5.34. The van der Waals surface area contributed by atoms with Crippen molar-refractivity contribution in [1.82, 2.24) is 9.88 Å². The first-order valence-corrected chi connectivity index (χ1v) is 7.43. The molecule has 0 aromatic carbocycles. The van der Waals surface area contributed by atoms with Crippen molar-refractivity contribution < 1.29 is 14.7 Å². The van der Waals surface area contributed by atoms with Crippen molar-refractivity contribution in [2.24, 2.45) is 11.1 Å². The number of carbonyl (C=O) groups is 2. The number of carboxylic acids is 1. The molecule has 3 N–H and O–H groups in total. The molecule has 0 bridgehead atoms. The molecule has 1 aromatic heterocycles. The van der Waals surface area contributed by atoms with E-state index in [1.807, 2.05) is 13.8 Å². The summed E-state index contributed by atoms with van der Waals surface area (Å²) in [6.07, 6.45) is 1.59. The Morgan fingerprint density at radius 3 is 2.85 bits per heavy atom. The van der Waals surface area contributed by atoms with E-state index in [1.54, 1.807) is 5.38 Å². The Hall–Kier alpha value is -1.47. The van der Waals surface area contributed by atoms with E-state index in [9.17, 15) is 14.7 Å². The van der Waals surface area contributed by atoms with Crippen LogP contribution in [0.1, 0.15) is 42.2 Å². The minimum absolute atomic E-state index is 0.284. The predicted octanol–water partition coefficient (Wildman–Crippen LogP) is 1.32. The summed E-state index contributed by atoms with van der Waals surface area (Å²) in [5.74, 6) is -1.28. The van der Waals surface area contributed by atoms with E-state index in [-0.39, 0.29) is 12.5 Å². The van der Waals surface area contributed by atoms with Crippen LogP contribution in [0.3, 0.4) is 0 Å². The van der Waals surface area contributed by atoms with Crippen molar-refractivity contribution in [3.05, 3.63) is 16.1 Å². The number of amides is 1. The van der Waals surface area contributed by atoms with Gasteiger partial charge in [-0.3, -0.25) is 4.79 Å². The van der Waals surface area contributed by atoms with Gasteiger partial charge in [0.2, 0.25) is 0 Å². The van der Waals surface area contributed by atoms with Gasteiger partial charge in [0, 0.05) is 18.5 Å². The molecule has 1 aliphatic heterocycles. The zero-order valence-corrected chi connectivity index (χ0v) is 12.4. The fourth-order valence-electron chi connectivity index (χ4n) is 2.73. The van der Waals surface area contributed by atoms with E-state index in [0.717, 1.165) is 12.8 Å². The van der Waals surface area contributed by atoms with Crippen LogP contribution in [0, 0.1) is 5.41 Å². The van der Waals surface area contributed by atoms with Crippen molar-refractivity contribution >= 4 is 23.2 Å². The van der Waals surface area contributed by atoms with Gasteiger partial charge in [-0.1, -0.05) is 13.8 Å². The maximum absolute atomic E-state index is 12.5. The monoisotopic (exact) mass is 297 g/mol. The van der Waals surface area contributed by atoms with Crippen molar-refractivity contribution in [1.29, 1.82) is 0 Å². The lowest BCUT2D eigenvalue weighted by atomic mass is 9.76. The molecule has 0 spiro atoms. The highest BCUT2D eigenvalue weighted by Gasteiger charge is 2.45. The Morgan fingerprint density at radius 1 is 1.60 bits per heavy atom. The first-order valence-electron chi connectivity index (χ1n) is 6.55. The third kappa shape index (κ3) is 2.69. The second kappa shape index (κ2) is 5.49. The van der Waals surface area contributed by atoms with E-state index in [1.165, 1.54) is 16.2 Å². The van der Waals surface area contributed by atoms with E-state index in [0.29, 0.717) is 17.2 Å². The van der Waals surface area contributed by atoms with Crippen LogP contribution in [0.5, 0.6) is 0 Å². The van der Waals surface area contributed by atoms with Crippen LogP contribution in [0.4, 0.5) is 0 Å². The van der Waals surface area contributed by atoms with E-state index in [2.05, 4.69) is 4.98 Å². The smallest absolute Gasteiger partial charge is 0.326 e. The first kappa shape index (κ1) is 14.9. The topological polar surface area (TPSA) is 96.5 Å². The number of hydrogen-bond acceptors (Lipinski definition) is 5. The molecule has 1 aliphatic rings. The lowest BCUT2D eigenvalue weighted by molar-refractivity contribution is -0.148. The number of nitrogens with two attached hydrogens (primary N) is 1. The Kier molecular flexibility index (Phi) is 4.10. The third-order valence-electron chi connectivity index (χ3n) is 3.71. The molecule has 2 heterocycles. The van der Waals surface area contributed by atoms with Crippen LogP contribution >= 0.6 is 11.3 Å². The number of aromatic nitrogens is 1. The summed E-state index contributed by atoms with van der Waals surface area (Å²) < 4.78 is 0. The number of rotatable bonds is 3. The van der Waals surface area contributed by atoms with E-state index < -0.39 is 17.4 Å². The number of hydrogen-bond donors (Lipinski definition) is 2. The molecule has 0 aliphatic carbocycles. The molecule has 1 saturated heterocycles. The molecule has 0 saturated carbocycles. The SMILES string of the molecule is CC1(C)CCCN(C(=O)c2csc(CN)n2)C1C(=O)O. The Labute approximate surface area is 121 Å². The highest BCUT2D eigenvalue weighted by atomic mass is 32.1. The molecular weight excluding hydrogens is 278 g/mol. The molecule has 7 heteroatoms. The molecule has 20 heavy (non-hydrogen) atoms. The average Bonchev–Trinajstić information content (AvgIpc) is 2.84. The van der Waals surface area contributed by atoms with Crippen LogP contribution in [0.15, 0.2) is 5.38 Å². The zero-order chi connectivity index (χ0) is 14.9. The fourth-order valence-corrected chi connectivity index (χ4v) is 3.38. The van der Waals surface area contributed by atoms with Crippen LogP contribution in [-0.2, 0) is 11.3 Å². The number of thiazole rings is 1. The van der Waals surface area contributed by atoms with Crippen LogP contribution in [0.25, 0.3) is 0 Å². The van der Waals surface area contributed by atoms with Crippen molar-refractivity contribution in [2.75, 3.05) is 6.54 Å². The largest absolute Gasteiger partial charge is 0.480 e. The number of piperidine rings is 1. The Balaban J connectivity index is 2.29. The summed E-state index contributed by atoms with van der Waals surface area (Å²) in [4.78, 5) is 29.6. The number of aliphatic carboxylic acids is 1. The Bertz CT molecular complexity index is 527. The number of carbonyl (C=O) groups excluding carboxylic acids is 1. The zero-order valence-electron chi connectivity index (χ0n) is 11.6. The van der Waals surface area contributed by atoms with Gasteiger partial charge in [-0.15, -0.1) is 11.3 Å². The molecule has 0 radical (unpaired) electrons. The average molecular weight is 297 g/mol. The standard InChI is InChI=1S/C13H19N3O3S/c1-13(2)4-3-5-16(10(13)12(18)19)11(17)8-7-20-9(6-14)15-8/h7,10H,3-6,14H2,1-2H3,(H,18,19). The molecule has 2 rings (SSSR count). The fraction of sp³-hybridized carbons (Fsp3) is 0.615. The quantitative estimate of drug-likeness (QED) is 0.877. The van der Waals surface area contributed by atoms with Gasteiger partial charge in [0.25, 0.3) is 5.91 Å². The van der Waals surface area contributed by atoms with Gasteiger partial charge in [-0.25, -0.2) is 9.78 Å². The van der Waals surface area contributed by atoms with Crippen LogP contribution < -0.4 is 5.73 Å². The second-order valence-corrected chi connectivity index (χ2v) is 6.60. The molecule has 110 valence electrons. The molecule has 1 amide bonds. The van der Waals surface area contributed by atoms with Crippen molar-refractivity contribution in [3.8, 4) is 0 Å². The summed E-state index contributed by atoms with van der Waals surface area (Å²) in [7, 11) is 0. The second-order valence-electron chi connectivity index (χ2n) is 5.66. The lowest BCUT2D eigenvalue weighted by Gasteiger charge is -2.43. The van der Waals surface area contributed by atoms with Crippen LogP contribution in [-0.4, -0.2) is 39.5 Å². The van der Waals surface area contributed by atoms with Gasteiger partial charge >= 0.3 is 5.97 Å². The number of carboxylic acid groups (broad SMARTS) is 1. The molecule has 1 fully saturated rings. The van der Waals surface area contributed by atoms with Crippen molar-refractivity contribution in [2.45, 2.75) is 39.3 Å². The van der Waals surface area contributed by atoms with Crippen molar-refractivity contribution in [3.63, 3.8) is 0 Å².